The first-order valence-corrected chi connectivity index (χ1v) is 7.95. The summed E-state index contributed by atoms with van der Waals surface area (Å²) in [6.07, 6.45) is 8.82. The van der Waals surface area contributed by atoms with Crippen LogP contribution < -0.4 is 16.0 Å². The molecule has 1 saturated carbocycles. The van der Waals surface area contributed by atoms with Gasteiger partial charge in [-0.3, -0.25) is 10.1 Å². The molecule has 5 heteroatoms. The fraction of sp³-hybridized carbons (Fsp3) is 0.867. The minimum absolute atomic E-state index is 0.0349. The predicted molar refractivity (Wildman–Crippen MR) is 79.3 cm³/mol. The van der Waals surface area contributed by atoms with Gasteiger partial charge in [0.25, 0.3) is 5.91 Å². The monoisotopic (exact) mass is 284 g/mol. The molecule has 0 aliphatic heterocycles. The first-order chi connectivity index (χ1) is 9.49. The van der Waals surface area contributed by atoms with Crippen LogP contribution in [0, 0.1) is 0 Å². The van der Waals surface area contributed by atoms with Crippen LogP contribution in [-0.4, -0.2) is 30.1 Å². The van der Waals surface area contributed by atoms with Gasteiger partial charge in [-0.2, -0.15) is 0 Å². The van der Waals surface area contributed by atoms with E-state index >= 15 is 0 Å². The Bertz CT molecular complexity index is 310. The fourth-order valence-electron chi connectivity index (χ4n) is 2.70. The van der Waals surface area contributed by atoms with E-state index in [1.165, 1.54) is 44.9 Å². The Labute approximate surface area is 122 Å². The quantitative estimate of drug-likeness (QED) is 0.727. The van der Waals surface area contributed by atoms with Crippen LogP contribution in [0.5, 0.6) is 0 Å². The summed E-state index contributed by atoms with van der Waals surface area (Å²) in [6, 6.07) is -0.0582. The Morgan fingerprint density at radius 2 is 1.55 bits per heavy atom. The smallest absolute Gasteiger partial charge is 0.321 e. The van der Waals surface area contributed by atoms with Crippen molar-refractivity contribution in [3.8, 4) is 0 Å². The van der Waals surface area contributed by atoms with E-state index in [2.05, 4.69) is 16.0 Å². The molecular formula is C15H30N3O2+. The van der Waals surface area contributed by atoms with Crippen molar-refractivity contribution in [3.63, 3.8) is 0 Å². The van der Waals surface area contributed by atoms with Crippen molar-refractivity contribution < 1.29 is 14.9 Å². The zero-order valence-corrected chi connectivity index (χ0v) is 13.1. The number of hydrogen-bond donors (Lipinski definition) is 3. The molecule has 0 unspecified atom stereocenters. The van der Waals surface area contributed by atoms with E-state index in [0.717, 1.165) is 0 Å². The number of nitrogens with two attached hydrogens (primary N) is 1. The first-order valence-electron chi connectivity index (χ1n) is 7.95. The maximum atomic E-state index is 12.0. The molecule has 0 spiro atoms. The van der Waals surface area contributed by atoms with Crippen LogP contribution in [0.4, 0.5) is 4.79 Å². The van der Waals surface area contributed by atoms with Gasteiger partial charge in [0, 0.05) is 6.04 Å². The summed E-state index contributed by atoms with van der Waals surface area (Å²) >= 11 is 0. The number of nitrogens with one attached hydrogen (secondary N) is 2. The molecule has 1 aliphatic carbocycles. The summed E-state index contributed by atoms with van der Waals surface area (Å²) in [6.45, 7) is 5.61. The van der Waals surface area contributed by atoms with Gasteiger partial charge in [-0.25, -0.2) is 4.79 Å². The molecule has 0 heterocycles. The second-order valence-electron chi connectivity index (χ2n) is 6.20. The molecule has 4 N–H and O–H groups in total. The number of carbonyl (C=O) groups excluding carboxylic acids is 2. The lowest BCUT2D eigenvalue weighted by Gasteiger charge is -2.21. The lowest BCUT2D eigenvalue weighted by atomic mass is 9.96. The van der Waals surface area contributed by atoms with Gasteiger partial charge in [-0.1, -0.05) is 19.3 Å². The average molecular weight is 284 g/mol. The molecule has 1 atom stereocenters. The van der Waals surface area contributed by atoms with Crippen molar-refractivity contribution in [1.82, 2.24) is 10.6 Å². The molecule has 116 valence electrons. The Hall–Kier alpha value is -1.10. The SMILES string of the molecule is CC(C)NC(=O)NC(=O)[C@H](C)[NH2+]C1CCCCCCC1. The van der Waals surface area contributed by atoms with Gasteiger partial charge in [-0.05, 0) is 46.5 Å². The normalized spacial score (nSPS) is 19.0. The maximum Gasteiger partial charge on any atom is 0.321 e. The van der Waals surface area contributed by atoms with Gasteiger partial charge >= 0.3 is 6.03 Å². The predicted octanol–water partition coefficient (Wildman–Crippen LogP) is 1.29. The number of urea groups is 1. The van der Waals surface area contributed by atoms with Gasteiger partial charge in [0.15, 0.2) is 6.04 Å². The van der Waals surface area contributed by atoms with Gasteiger partial charge in [-0.15, -0.1) is 0 Å². The Morgan fingerprint density at radius 1 is 1.00 bits per heavy atom. The highest BCUT2D eigenvalue weighted by atomic mass is 16.2. The lowest BCUT2D eigenvalue weighted by molar-refractivity contribution is -0.708. The molecule has 0 aromatic heterocycles. The van der Waals surface area contributed by atoms with E-state index in [0.29, 0.717) is 6.04 Å². The molecule has 0 radical (unpaired) electrons. The van der Waals surface area contributed by atoms with E-state index in [4.69, 9.17) is 0 Å². The Balaban J connectivity index is 2.34. The fourth-order valence-corrected chi connectivity index (χ4v) is 2.70. The molecule has 5 nitrogen and oxygen atoms in total. The number of amides is 3. The minimum Gasteiger partial charge on any atom is -0.336 e. The Kier molecular flexibility index (Phi) is 7.59. The Morgan fingerprint density at radius 3 is 2.10 bits per heavy atom. The summed E-state index contributed by atoms with van der Waals surface area (Å²) in [5, 5.41) is 7.20. The zero-order valence-electron chi connectivity index (χ0n) is 13.1. The summed E-state index contributed by atoms with van der Waals surface area (Å²) in [4.78, 5) is 23.5. The summed E-state index contributed by atoms with van der Waals surface area (Å²) in [5.74, 6) is -0.204. The topological polar surface area (TPSA) is 74.8 Å². The third-order valence-electron chi connectivity index (χ3n) is 3.78. The van der Waals surface area contributed by atoms with Gasteiger partial charge in [0.2, 0.25) is 0 Å². The van der Waals surface area contributed by atoms with Crippen molar-refractivity contribution in [2.75, 3.05) is 0 Å². The molecule has 0 bridgehead atoms. The number of carbonyl (C=O) groups is 2. The lowest BCUT2D eigenvalue weighted by Crippen LogP contribution is -2.96. The third-order valence-corrected chi connectivity index (χ3v) is 3.78. The van der Waals surface area contributed by atoms with E-state index in [-0.39, 0.29) is 18.0 Å². The van der Waals surface area contributed by atoms with Crippen LogP contribution in [-0.2, 0) is 4.79 Å². The molecule has 0 saturated heterocycles. The van der Waals surface area contributed by atoms with Crippen LogP contribution in [0.25, 0.3) is 0 Å². The molecule has 0 aromatic rings. The van der Waals surface area contributed by atoms with Crippen molar-refractivity contribution >= 4 is 11.9 Å². The number of quaternary nitrogens is 1. The minimum atomic E-state index is -0.400. The van der Waals surface area contributed by atoms with Crippen LogP contribution in [0.2, 0.25) is 0 Å². The van der Waals surface area contributed by atoms with Crippen LogP contribution in [0.1, 0.15) is 65.7 Å². The molecule has 20 heavy (non-hydrogen) atoms. The van der Waals surface area contributed by atoms with E-state index in [1.54, 1.807) is 0 Å². The summed E-state index contributed by atoms with van der Waals surface area (Å²) in [5.41, 5.74) is 0. The standard InChI is InChI=1S/C15H29N3O2/c1-11(2)16-15(20)18-14(19)12(3)17-13-9-7-5-4-6-8-10-13/h11-13,17H,4-10H2,1-3H3,(H2,16,18,19,20)/p+1/t12-/m0/s1. The van der Waals surface area contributed by atoms with Crippen LogP contribution in [0.3, 0.4) is 0 Å². The maximum absolute atomic E-state index is 12.0. The van der Waals surface area contributed by atoms with E-state index in [9.17, 15) is 9.59 Å². The highest BCUT2D eigenvalue weighted by molar-refractivity contribution is 5.96. The molecular weight excluding hydrogens is 254 g/mol. The average Bonchev–Trinajstić information content (AvgIpc) is 2.30. The molecule has 1 aliphatic rings. The largest absolute Gasteiger partial charge is 0.336 e. The van der Waals surface area contributed by atoms with Gasteiger partial charge < -0.3 is 10.6 Å². The molecule has 0 aromatic carbocycles. The number of rotatable bonds is 4. The summed E-state index contributed by atoms with van der Waals surface area (Å²) < 4.78 is 0. The van der Waals surface area contributed by atoms with Gasteiger partial charge in [0.1, 0.15) is 0 Å². The first kappa shape index (κ1) is 17.0. The van der Waals surface area contributed by atoms with Crippen molar-refractivity contribution in [2.24, 2.45) is 0 Å². The zero-order chi connectivity index (χ0) is 15.0. The van der Waals surface area contributed by atoms with Crippen molar-refractivity contribution in [3.05, 3.63) is 0 Å². The van der Waals surface area contributed by atoms with Crippen LogP contribution in [0.15, 0.2) is 0 Å². The van der Waals surface area contributed by atoms with Crippen molar-refractivity contribution in [1.29, 1.82) is 0 Å². The van der Waals surface area contributed by atoms with E-state index in [1.807, 2.05) is 20.8 Å². The summed E-state index contributed by atoms with van der Waals surface area (Å²) in [7, 11) is 0. The molecule has 1 rings (SSSR count). The molecule has 1 fully saturated rings. The second-order valence-corrected chi connectivity index (χ2v) is 6.20. The second kappa shape index (κ2) is 8.95. The number of hydrogen-bond acceptors (Lipinski definition) is 2. The third kappa shape index (κ3) is 6.89. The van der Waals surface area contributed by atoms with Gasteiger partial charge in [0.05, 0.1) is 6.04 Å². The highest BCUT2D eigenvalue weighted by Gasteiger charge is 2.23. The highest BCUT2D eigenvalue weighted by Crippen LogP contribution is 2.15. The number of imide groups is 1. The van der Waals surface area contributed by atoms with Crippen molar-refractivity contribution in [2.45, 2.75) is 83.8 Å². The molecule has 3 amide bonds. The van der Waals surface area contributed by atoms with Crippen LogP contribution >= 0.6 is 0 Å². The van der Waals surface area contributed by atoms with E-state index < -0.39 is 6.03 Å².